The van der Waals surface area contributed by atoms with Crippen LogP contribution in [0.5, 0.6) is 5.75 Å². The van der Waals surface area contributed by atoms with Crippen LogP contribution in [-0.2, 0) is 0 Å². The molecule has 2 aliphatic carbocycles. The van der Waals surface area contributed by atoms with Gasteiger partial charge in [0.1, 0.15) is 5.75 Å². The van der Waals surface area contributed by atoms with Crippen molar-refractivity contribution < 1.29 is 9.53 Å². The minimum absolute atomic E-state index is 0.250. The topological polar surface area (TPSA) is 81.3 Å². The molecule has 5 rings (SSSR count). The molecule has 154 valence electrons. The Balaban J connectivity index is 1.54. The molecule has 1 heterocycles. The van der Waals surface area contributed by atoms with Gasteiger partial charge in [-0.25, -0.2) is 0 Å². The lowest BCUT2D eigenvalue weighted by molar-refractivity contribution is 0.0995. The van der Waals surface area contributed by atoms with Crippen molar-refractivity contribution in [3.8, 4) is 16.9 Å². The molecule has 6 nitrogen and oxygen atoms in total. The minimum atomic E-state index is -0.539. The Kier molecular flexibility index (Phi) is 4.77. The van der Waals surface area contributed by atoms with Crippen LogP contribution in [0.4, 0.5) is 5.69 Å². The molecule has 2 aliphatic rings. The van der Waals surface area contributed by atoms with E-state index in [1.807, 2.05) is 24.3 Å². The van der Waals surface area contributed by atoms with Crippen LogP contribution in [0, 0.1) is 5.92 Å². The summed E-state index contributed by atoms with van der Waals surface area (Å²) >= 11 is 0. The Bertz CT molecular complexity index is 1110. The van der Waals surface area contributed by atoms with Gasteiger partial charge in [-0.05, 0) is 73.9 Å². The summed E-state index contributed by atoms with van der Waals surface area (Å²) in [5.74, 6) is 1.07. The van der Waals surface area contributed by atoms with Gasteiger partial charge in [-0.1, -0.05) is 18.2 Å². The zero-order valence-corrected chi connectivity index (χ0v) is 17.2. The van der Waals surface area contributed by atoms with Crippen LogP contribution in [0.3, 0.4) is 0 Å². The number of hydrogen-bond acceptors (Lipinski definition) is 5. The summed E-state index contributed by atoms with van der Waals surface area (Å²) in [5, 5.41) is 9.44. The number of benzene rings is 2. The van der Waals surface area contributed by atoms with Gasteiger partial charge < -0.3 is 15.4 Å². The molecule has 0 saturated heterocycles. The molecule has 2 aromatic carbocycles. The molecule has 0 unspecified atom stereocenters. The summed E-state index contributed by atoms with van der Waals surface area (Å²) in [6, 6.07) is 14.7. The number of nitrogens with zero attached hydrogens (tertiary/aromatic N) is 3. The number of primary amides is 1. The molecule has 0 aliphatic heterocycles. The van der Waals surface area contributed by atoms with Crippen LogP contribution in [0.1, 0.15) is 43.1 Å². The third-order valence-corrected chi connectivity index (χ3v) is 5.93. The van der Waals surface area contributed by atoms with Crippen LogP contribution in [-0.4, -0.2) is 35.3 Å². The van der Waals surface area contributed by atoms with Gasteiger partial charge in [-0.3, -0.25) is 4.79 Å². The van der Waals surface area contributed by atoms with E-state index in [-0.39, 0.29) is 5.69 Å². The molecular formula is C24H26N4O2. The zero-order chi connectivity index (χ0) is 20.7. The summed E-state index contributed by atoms with van der Waals surface area (Å²) in [6.07, 6.45) is 4.80. The summed E-state index contributed by atoms with van der Waals surface area (Å²) in [6.45, 7) is 3.69. The first kappa shape index (κ1) is 18.9. The smallest absolute Gasteiger partial charge is 0.271 e. The van der Waals surface area contributed by atoms with E-state index < -0.39 is 5.91 Å². The van der Waals surface area contributed by atoms with Crippen molar-refractivity contribution in [2.45, 2.75) is 38.6 Å². The first-order valence-corrected chi connectivity index (χ1v) is 10.7. The Morgan fingerprint density at radius 2 is 1.90 bits per heavy atom. The first-order chi connectivity index (χ1) is 14.6. The summed E-state index contributed by atoms with van der Waals surface area (Å²) < 4.78 is 5.93. The van der Waals surface area contributed by atoms with E-state index in [4.69, 9.17) is 10.5 Å². The Morgan fingerprint density at radius 3 is 2.60 bits per heavy atom. The molecule has 30 heavy (non-hydrogen) atoms. The second-order valence-electron chi connectivity index (χ2n) is 8.29. The number of amides is 1. The van der Waals surface area contributed by atoms with Crippen LogP contribution in [0.15, 0.2) is 42.5 Å². The van der Waals surface area contributed by atoms with E-state index in [9.17, 15) is 4.79 Å². The number of rotatable bonds is 8. The predicted molar refractivity (Wildman–Crippen MR) is 118 cm³/mol. The maximum absolute atomic E-state index is 12.0. The molecule has 2 fully saturated rings. The summed E-state index contributed by atoms with van der Waals surface area (Å²) in [7, 11) is 0. The first-order valence-electron chi connectivity index (χ1n) is 10.7. The Morgan fingerprint density at radius 1 is 1.10 bits per heavy atom. The quantitative estimate of drug-likeness (QED) is 0.611. The fraction of sp³-hybridized carbons (Fsp3) is 0.375. The highest BCUT2D eigenvalue weighted by atomic mass is 16.5. The highest BCUT2D eigenvalue weighted by Gasteiger charge is 2.32. The molecular weight excluding hydrogens is 376 g/mol. The van der Waals surface area contributed by atoms with Crippen molar-refractivity contribution in [2.75, 3.05) is 18.1 Å². The predicted octanol–water partition coefficient (Wildman–Crippen LogP) is 4.17. The van der Waals surface area contributed by atoms with Crippen LogP contribution < -0.4 is 15.4 Å². The van der Waals surface area contributed by atoms with E-state index >= 15 is 0 Å². The number of carbonyl (C=O) groups excluding carboxylic acids is 1. The van der Waals surface area contributed by atoms with Crippen molar-refractivity contribution in [3.05, 3.63) is 48.2 Å². The molecule has 6 heteroatoms. The highest BCUT2D eigenvalue weighted by Crippen LogP contribution is 2.38. The van der Waals surface area contributed by atoms with Crippen LogP contribution in [0.25, 0.3) is 22.0 Å². The third kappa shape index (κ3) is 3.70. The zero-order valence-electron chi connectivity index (χ0n) is 17.2. The molecule has 3 aromatic rings. The van der Waals surface area contributed by atoms with Gasteiger partial charge in [0.05, 0.1) is 17.8 Å². The molecule has 2 N–H and O–H groups in total. The van der Waals surface area contributed by atoms with Crippen LogP contribution >= 0.6 is 0 Å². The van der Waals surface area contributed by atoms with Gasteiger partial charge >= 0.3 is 0 Å². The van der Waals surface area contributed by atoms with Gasteiger partial charge in [0.15, 0.2) is 5.69 Å². The van der Waals surface area contributed by atoms with Gasteiger partial charge in [0.2, 0.25) is 0 Å². The number of anilines is 1. The van der Waals surface area contributed by atoms with Crippen molar-refractivity contribution in [1.82, 2.24) is 10.2 Å². The average molecular weight is 402 g/mol. The second kappa shape index (κ2) is 7.59. The standard InChI is InChI=1S/C24H26N4O2/c1-2-28(18-9-10-18)23-20-11-8-17(13-21(20)26-27-22(23)24(25)29)16-4-3-5-19(12-16)30-14-15-6-7-15/h3-5,8,11-13,15,18H,2,6-7,9-10,14H2,1H3,(H2,25,29). The molecule has 0 spiro atoms. The van der Waals surface area contributed by atoms with E-state index in [1.165, 1.54) is 12.8 Å². The lowest BCUT2D eigenvalue weighted by Gasteiger charge is -2.25. The molecule has 0 atom stereocenters. The fourth-order valence-corrected chi connectivity index (χ4v) is 3.98. The van der Waals surface area contributed by atoms with Crippen LogP contribution in [0.2, 0.25) is 0 Å². The third-order valence-electron chi connectivity index (χ3n) is 5.93. The monoisotopic (exact) mass is 402 g/mol. The second-order valence-corrected chi connectivity index (χ2v) is 8.29. The largest absolute Gasteiger partial charge is 0.493 e. The number of carbonyl (C=O) groups is 1. The number of ether oxygens (including phenoxy) is 1. The van der Waals surface area contributed by atoms with E-state index in [2.05, 4.69) is 40.2 Å². The van der Waals surface area contributed by atoms with Gasteiger partial charge in [0.25, 0.3) is 5.91 Å². The normalized spacial score (nSPS) is 15.9. The number of hydrogen-bond donors (Lipinski definition) is 1. The highest BCUT2D eigenvalue weighted by molar-refractivity contribution is 6.05. The maximum Gasteiger partial charge on any atom is 0.271 e. The molecule has 2 saturated carbocycles. The Labute approximate surface area is 176 Å². The van der Waals surface area contributed by atoms with Gasteiger partial charge in [0, 0.05) is 18.0 Å². The SMILES string of the molecule is CCN(c1c(C(N)=O)nnc2cc(-c3cccc(OCC4CC4)c3)ccc12)C1CC1. The van der Waals surface area contributed by atoms with E-state index in [0.29, 0.717) is 6.04 Å². The molecule has 0 radical (unpaired) electrons. The summed E-state index contributed by atoms with van der Waals surface area (Å²) in [5.41, 5.74) is 9.56. The van der Waals surface area contributed by atoms with Crippen molar-refractivity contribution in [3.63, 3.8) is 0 Å². The minimum Gasteiger partial charge on any atom is -0.493 e. The summed E-state index contributed by atoms with van der Waals surface area (Å²) in [4.78, 5) is 14.3. The van der Waals surface area contributed by atoms with Crippen molar-refractivity contribution in [2.24, 2.45) is 11.7 Å². The van der Waals surface area contributed by atoms with Gasteiger partial charge in [-0.15, -0.1) is 10.2 Å². The van der Waals surface area contributed by atoms with Crippen molar-refractivity contribution in [1.29, 1.82) is 0 Å². The Hall–Kier alpha value is -3.15. The van der Waals surface area contributed by atoms with Gasteiger partial charge in [-0.2, -0.15) is 0 Å². The van der Waals surface area contributed by atoms with E-state index in [0.717, 1.165) is 65.4 Å². The lowest BCUT2D eigenvalue weighted by atomic mass is 10.0. The molecule has 1 amide bonds. The fourth-order valence-electron chi connectivity index (χ4n) is 3.98. The number of nitrogens with two attached hydrogens (primary N) is 1. The lowest BCUT2D eigenvalue weighted by Crippen LogP contribution is -2.29. The number of aromatic nitrogens is 2. The maximum atomic E-state index is 12.0. The van der Waals surface area contributed by atoms with E-state index in [1.54, 1.807) is 0 Å². The van der Waals surface area contributed by atoms with Crippen molar-refractivity contribution >= 4 is 22.5 Å². The molecule has 1 aromatic heterocycles. The molecule has 0 bridgehead atoms. The number of fused-ring (bicyclic) bond motifs is 1. The average Bonchev–Trinajstić information content (AvgIpc) is 3.67.